The van der Waals surface area contributed by atoms with Crippen LogP contribution in [0, 0.1) is 19.7 Å². The highest BCUT2D eigenvalue weighted by Crippen LogP contribution is 2.25. The number of hydrogen-bond acceptors (Lipinski definition) is 2. The van der Waals surface area contributed by atoms with Crippen LogP contribution in [0.3, 0.4) is 0 Å². The van der Waals surface area contributed by atoms with Gasteiger partial charge in [-0.05, 0) is 37.1 Å². The first-order chi connectivity index (χ1) is 11.6. The number of urea groups is 1. The summed E-state index contributed by atoms with van der Waals surface area (Å²) in [7, 11) is 0. The van der Waals surface area contributed by atoms with Crippen molar-refractivity contribution in [1.29, 1.82) is 0 Å². The lowest BCUT2D eigenvalue weighted by molar-refractivity contribution is 0.208. The Hall–Kier alpha value is -2.56. The first-order valence-corrected chi connectivity index (χ1v) is 8.18. The molecule has 1 aliphatic heterocycles. The summed E-state index contributed by atoms with van der Waals surface area (Å²) in [6.45, 7) is 7.01. The lowest BCUT2D eigenvalue weighted by atomic mass is 10.1. The van der Waals surface area contributed by atoms with Crippen molar-refractivity contribution in [3.63, 3.8) is 0 Å². The molecule has 4 nitrogen and oxygen atoms in total. The fourth-order valence-electron chi connectivity index (χ4n) is 3.19. The summed E-state index contributed by atoms with van der Waals surface area (Å²) in [5.74, 6) is -0.417. The third-order valence-electron chi connectivity index (χ3n) is 4.44. The molecule has 1 fully saturated rings. The van der Waals surface area contributed by atoms with Gasteiger partial charge in [0.05, 0.1) is 5.69 Å². The Kier molecular flexibility index (Phi) is 4.69. The molecule has 1 N–H and O–H groups in total. The van der Waals surface area contributed by atoms with Crippen LogP contribution in [0.5, 0.6) is 0 Å². The standard InChI is InChI=1S/C19H22FN3O/c1-14-6-5-7-15(2)18(14)22-10-12-23(13-11-22)19(24)21-17-9-4-3-8-16(17)20/h3-9H,10-13H2,1-2H3,(H,21,24). The van der Waals surface area contributed by atoms with E-state index >= 15 is 0 Å². The van der Waals surface area contributed by atoms with E-state index in [0.717, 1.165) is 13.1 Å². The van der Waals surface area contributed by atoms with E-state index in [1.165, 1.54) is 22.9 Å². The van der Waals surface area contributed by atoms with Gasteiger partial charge in [0.2, 0.25) is 0 Å². The maximum Gasteiger partial charge on any atom is 0.322 e. The van der Waals surface area contributed by atoms with Crippen molar-refractivity contribution in [3.8, 4) is 0 Å². The smallest absolute Gasteiger partial charge is 0.322 e. The molecular weight excluding hydrogens is 305 g/mol. The summed E-state index contributed by atoms with van der Waals surface area (Å²) in [5.41, 5.74) is 3.98. The number of carbonyl (C=O) groups excluding carboxylic acids is 1. The molecule has 0 saturated carbocycles. The van der Waals surface area contributed by atoms with Crippen LogP contribution in [0.1, 0.15) is 11.1 Å². The zero-order valence-corrected chi connectivity index (χ0v) is 14.1. The van der Waals surface area contributed by atoms with Gasteiger partial charge in [0, 0.05) is 31.9 Å². The van der Waals surface area contributed by atoms with Gasteiger partial charge in [-0.3, -0.25) is 0 Å². The van der Waals surface area contributed by atoms with Crippen LogP contribution in [0.15, 0.2) is 42.5 Å². The molecule has 0 atom stereocenters. The number of para-hydroxylation sites is 2. The van der Waals surface area contributed by atoms with Gasteiger partial charge < -0.3 is 15.1 Å². The molecule has 24 heavy (non-hydrogen) atoms. The van der Waals surface area contributed by atoms with E-state index < -0.39 is 5.82 Å². The quantitative estimate of drug-likeness (QED) is 0.911. The van der Waals surface area contributed by atoms with Crippen LogP contribution < -0.4 is 10.2 Å². The minimum Gasteiger partial charge on any atom is -0.368 e. The number of rotatable bonds is 2. The Morgan fingerprint density at radius 2 is 1.58 bits per heavy atom. The van der Waals surface area contributed by atoms with Crippen molar-refractivity contribution in [3.05, 3.63) is 59.4 Å². The van der Waals surface area contributed by atoms with Crippen molar-refractivity contribution in [2.45, 2.75) is 13.8 Å². The molecule has 2 aromatic carbocycles. The predicted molar refractivity (Wildman–Crippen MR) is 95.1 cm³/mol. The van der Waals surface area contributed by atoms with Gasteiger partial charge in [0.25, 0.3) is 0 Å². The van der Waals surface area contributed by atoms with Crippen LogP contribution in [-0.2, 0) is 0 Å². The first kappa shape index (κ1) is 16.3. The third-order valence-corrected chi connectivity index (χ3v) is 4.44. The van der Waals surface area contributed by atoms with Gasteiger partial charge in [-0.1, -0.05) is 30.3 Å². The molecule has 0 aromatic heterocycles. The lowest BCUT2D eigenvalue weighted by Gasteiger charge is -2.37. The fourth-order valence-corrected chi connectivity index (χ4v) is 3.19. The SMILES string of the molecule is Cc1cccc(C)c1N1CCN(C(=O)Nc2ccccc2F)CC1. The molecule has 0 aliphatic carbocycles. The average molecular weight is 327 g/mol. The maximum atomic E-state index is 13.6. The second kappa shape index (κ2) is 6.91. The summed E-state index contributed by atoms with van der Waals surface area (Å²) >= 11 is 0. The molecule has 0 bridgehead atoms. The van der Waals surface area contributed by atoms with Crippen molar-refractivity contribution in [1.82, 2.24) is 4.90 Å². The number of anilines is 2. The molecule has 2 amide bonds. The van der Waals surface area contributed by atoms with Gasteiger partial charge in [0.15, 0.2) is 0 Å². The number of amides is 2. The van der Waals surface area contributed by atoms with Gasteiger partial charge in [-0.15, -0.1) is 0 Å². The number of piperazine rings is 1. The Morgan fingerprint density at radius 3 is 2.21 bits per heavy atom. The van der Waals surface area contributed by atoms with Crippen LogP contribution >= 0.6 is 0 Å². The number of aryl methyl sites for hydroxylation is 2. The summed E-state index contributed by atoms with van der Waals surface area (Å²) in [5, 5.41) is 2.65. The van der Waals surface area contributed by atoms with Crippen molar-refractivity contribution in [2.75, 3.05) is 36.4 Å². The Balaban J connectivity index is 1.63. The summed E-state index contributed by atoms with van der Waals surface area (Å²) in [6, 6.07) is 12.3. The number of nitrogens with zero attached hydrogens (tertiary/aromatic N) is 2. The Morgan fingerprint density at radius 1 is 0.958 bits per heavy atom. The van der Waals surface area contributed by atoms with Gasteiger partial charge >= 0.3 is 6.03 Å². The number of nitrogens with one attached hydrogen (secondary N) is 1. The summed E-state index contributed by atoms with van der Waals surface area (Å²) in [4.78, 5) is 16.4. The van der Waals surface area contributed by atoms with Gasteiger partial charge in [0.1, 0.15) is 5.82 Å². The monoisotopic (exact) mass is 327 g/mol. The predicted octanol–water partition coefficient (Wildman–Crippen LogP) is 3.80. The molecule has 3 rings (SSSR count). The lowest BCUT2D eigenvalue weighted by Crippen LogP contribution is -2.50. The van der Waals surface area contributed by atoms with Crippen LogP contribution in [0.2, 0.25) is 0 Å². The maximum absolute atomic E-state index is 13.6. The summed E-state index contributed by atoms with van der Waals surface area (Å²) in [6.07, 6.45) is 0. The normalized spacial score (nSPS) is 14.6. The Labute approximate surface area is 141 Å². The van der Waals surface area contributed by atoms with E-state index in [0.29, 0.717) is 13.1 Å². The van der Waals surface area contributed by atoms with Crippen molar-refractivity contribution < 1.29 is 9.18 Å². The third kappa shape index (κ3) is 3.35. The Bertz CT molecular complexity index is 719. The molecule has 1 saturated heterocycles. The molecule has 1 heterocycles. The number of hydrogen-bond donors (Lipinski definition) is 1. The molecule has 1 aliphatic rings. The number of benzene rings is 2. The minimum atomic E-state index is -0.417. The molecule has 0 radical (unpaired) electrons. The second-order valence-electron chi connectivity index (χ2n) is 6.12. The highest BCUT2D eigenvalue weighted by atomic mass is 19.1. The zero-order chi connectivity index (χ0) is 17.1. The van der Waals surface area contributed by atoms with E-state index in [9.17, 15) is 9.18 Å². The fraction of sp³-hybridized carbons (Fsp3) is 0.316. The van der Waals surface area contributed by atoms with E-state index in [2.05, 4.69) is 42.3 Å². The van der Waals surface area contributed by atoms with Crippen molar-refractivity contribution >= 4 is 17.4 Å². The van der Waals surface area contributed by atoms with Crippen LogP contribution in [0.4, 0.5) is 20.6 Å². The first-order valence-electron chi connectivity index (χ1n) is 8.18. The number of carbonyl (C=O) groups is 1. The molecule has 5 heteroatoms. The molecule has 2 aromatic rings. The molecule has 126 valence electrons. The molecule has 0 spiro atoms. The van der Waals surface area contributed by atoms with Crippen LogP contribution in [-0.4, -0.2) is 37.1 Å². The second-order valence-corrected chi connectivity index (χ2v) is 6.12. The molecule has 0 unspecified atom stereocenters. The number of halogens is 1. The van der Waals surface area contributed by atoms with Gasteiger partial charge in [-0.25, -0.2) is 9.18 Å². The molecular formula is C19H22FN3O. The van der Waals surface area contributed by atoms with Crippen LogP contribution in [0.25, 0.3) is 0 Å². The highest BCUT2D eigenvalue weighted by Gasteiger charge is 2.23. The van der Waals surface area contributed by atoms with E-state index in [4.69, 9.17) is 0 Å². The van der Waals surface area contributed by atoms with E-state index in [1.807, 2.05) is 0 Å². The van der Waals surface area contributed by atoms with Crippen molar-refractivity contribution in [2.24, 2.45) is 0 Å². The van der Waals surface area contributed by atoms with Gasteiger partial charge in [-0.2, -0.15) is 0 Å². The average Bonchev–Trinajstić information content (AvgIpc) is 2.57. The highest BCUT2D eigenvalue weighted by molar-refractivity contribution is 5.89. The van der Waals surface area contributed by atoms with E-state index in [-0.39, 0.29) is 11.7 Å². The zero-order valence-electron chi connectivity index (χ0n) is 14.1. The largest absolute Gasteiger partial charge is 0.368 e. The minimum absolute atomic E-state index is 0.222. The topological polar surface area (TPSA) is 35.6 Å². The van der Waals surface area contributed by atoms with E-state index in [1.54, 1.807) is 23.1 Å². The summed E-state index contributed by atoms with van der Waals surface area (Å²) < 4.78 is 13.6.